The molecule has 1 aliphatic rings. The van der Waals surface area contributed by atoms with Crippen molar-refractivity contribution >= 4 is 0 Å². The largest absolute Gasteiger partial charge is 0.374 e. The molecule has 86 valence electrons. The average molecular weight is 208 g/mol. The average Bonchev–Trinajstić information content (AvgIpc) is 2.31. The van der Waals surface area contributed by atoms with Crippen LogP contribution in [0.15, 0.2) is 24.9 Å². The van der Waals surface area contributed by atoms with Crippen LogP contribution in [0.4, 0.5) is 0 Å². The van der Waals surface area contributed by atoms with E-state index >= 15 is 0 Å². The highest BCUT2D eigenvalue weighted by molar-refractivity contribution is 5.05. The predicted octanol–water partition coefficient (Wildman–Crippen LogP) is 2.54. The standard InChI is InChI=1S/C13H24N2/c1-4-5-9-13(14-3)12(2)15-10-7-6-8-11-15/h4,13-14H,1-2,5-11H2,3H3. The van der Waals surface area contributed by atoms with E-state index in [1.807, 2.05) is 13.1 Å². The van der Waals surface area contributed by atoms with Gasteiger partial charge in [-0.1, -0.05) is 12.7 Å². The van der Waals surface area contributed by atoms with E-state index in [0.29, 0.717) is 6.04 Å². The quantitative estimate of drug-likeness (QED) is 0.675. The third kappa shape index (κ3) is 3.71. The van der Waals surface area contributed by atoms with Gasteiger partial charge in [-0.05, 0) is 39.2 Å². The Labute approximate surface area is 94.0 Å². The molecule has 0 aromatic rings. The summed E-state index contributed by atoms with van der Waals surface area (Å²) in [6.07, 6.45) is 8.15. The first-order chi connectivity index (χ1) is 7.29. The summed E-state index contributed by atoms with van der Waals surface area (Å²) in [6, 6.07) is 0.418. The smallest absolute Gasteiger partial charge is 0.0466 e. The molecule has 1 atom stereocenters. The molecule has 0 aromatic carbocycles. The molecule has 0 saturated carbocycles. The number of hydrogen-bond donors (Lipinski definition) is 1. The van der Waals surface area contributed by atoms with Gasteiger partial charge in [-0.25, -0.2) is 0 Å². The Morgan fingerprint density at radius 2 is 2.07 bits per heavy atom. The van der Waals surface area contributed by atoms with Crippen molar-refractivity contribution in [1.82, 2.24) is 10.2 Å². The lowest BCUT2D eigenvalue weighted by atomic mass is 10.0. The maximum Gasteiger partial charge on any atom is 0.0466 e. The Balaban J connectivity index is 2.43. The Bertz CT molecular complexity index is 205. The molecule has 1 N–H and O–H groups in total. The minimum absolute atomic E-state index is 0.418. The SMILES string of the molecule is C=CCCC(NC)C(=C)N1CCCCC1. The zero-order valence-corrected chi connectivity index (χ0v) is 9.97. The third-order valence-electron chi connectivity index (χ3n) is 3.17. The first-order valence-corrected chi connectivity index (χ1v) is 6.01. The zero-order valence-electron chi connectivity index (χ0n) is 9.97. The van der Waals surface area contributed by atoms with Crippen molar-refractivity contribution in [3.63, 3.8) is 0 Å². The minimum Gasteiger partial charge on any atom is -0.374 e. The van der Waals surface area contributed by atoms with E-state index in [-0.39, 0.29) is 0 Å². The summed E-state index contributed by atoms with van der Waals surface area (Å²) in [7, 11) is 2.02. The molecule has 0 aromatic heterocycles. The van der Waals surface area contributed by atoms with Gasteiger partial charge < -0.3 is 10.2 Å². The van der Waals surface area contributed by atoms with Gasteiger partial charge in [0.15, 0.2) is 0 Å². The summed E-state index contributed by atoms with van der Waals surface area (Å²) in [6.45, 7) is 10.4. The van der Waals surface area contributed by atoms with Gasteiger partial charge in [0.2, 0.25) is 0 Å². The van der Waals surface area contributed by atoms with E-state index in [0.717, 1.165) is 12.8 Å². The first-order valence-electron chi connectivity index (χ1n) is 6.01. The molecule has 1 saturated heterocycles. The summed E-state index contributed by atoms with van der Waals surface area (Å²) < 4.78 is 0. The zero-order chi connectivity index (χ0) is 11.1. The van der Waals surface area contributed by atoms with Crippen molar-refractivity contribution < 1.29 is 0 Å². The van der Waals surface area contributed by atoms with Crippen LogP contribution in [0.2, 0.25) is 0 Å². The minimum atomic E-state index is 0.418. The van der Waals surface area contributed by atoms with Crippen molar-refractivity contribution in [3.05, 3.63) is 24.9 Å². The summed E-state index contributed by atoms with van der Waals surface area (Å²) in [5, 5.41) is 3.34. The van der Waals surface area contributed by atoms with Gasteiger partial charge in [0, 0.05) is 24.8 Å². The van der Waals surface area contributed by atoms with Crippen molar-refractivity contribution in [2.75, 3.05) is 20.1 Å². The summed E-state index contributed by atoms with van der Waals surface area (Å²) >= 11 is 0. The fraction of sp³-hybridized carbons (Fsp3) is 0.692. The molecule has 1 heterocycles. The van der Waals surface area contributed by atoms with Crippen LogP contribution < -0.4 is 5.32 Å². The van der Waals surface area contributed by atoms with Gasteiger partial charge in [0.25, 0.3) is 0 Å². The second-order valence-corrected chi connectivity index (χ2v) is 4.25. The van der Waals surface area contributed by atoms with Gasteiger partial charge in [0.05, 0.1) is 0 Å². The van der Waals surface area contributed by atoms with Crippen LogP contribution in [0.3, 0.4) is 0 Å². The van der Waals surface area contributed by atoms with Gasteiger partial charge in [-0.3, -0.25) is 0 Å². The number of likely N-dealkylation sites (N-methyl/N-ethyl adjacent to an activating group) is 1. The van der Waals surface area contributed by atoms with Crippen molar-refractivity contribution in [1.29, 1.82) is 0 Å². The predicted molar refractivity (Wildman–Crippen MR) is 66.8 cm³/mol. The molecule has 1 unspecified atom stereocenters. The summed E-state index contributed by atoms with van der Waals surface area (Å²) in [5.74, 6) is 0. The third-order valence-corrected chi connectivity index (χ3v) is 3.17. The molecular formula is C13H24N2. The van der Waals surface area contributed by atoms with E-state index < -0.39 is 0 Å². The molecule has 1 fully saturated rings. The molecule has 0 aliphatic carbocycles. The Morgan fingerprint density at radius 1 is 1.40 bits per heavy atom. The molecule has 0 amide bonds. The maximum absolute atomic E-state index is 4.23. The second kappa shape index (κ2) is 6.67. The number of piperidine rings is 1. The Morgan fingerprint density at radius 3 is 2.60 bits per heavy atom. The Hall–Kier alpha value is -0.760. The normalized spacial score (nSPS) is 18.6. The van der Waals surface area contributed by atoms with Crippen LogP contribution in [-0.4, -0.2) is 31.1 Å². The highest BCUT2D eigenvalue weighted by atomic mass is 15.2. The van der Waals surface area contributed by atoms with Crippen LogP contribution in [-0.2, 0) is 0 Å². The lowest BCUT2D eigenvalue weighted by molar-refractivity contribution is 0.261. The van der Waals surface area contributed by atoms with Gasteiger partial charge >= 0.3 is 0 Å². The molecule has 0 spiro atoms. The van der Waals surface area contributed by atoms with Crippen LogP contribution >= 0.6 is 0 Å². The summed E-state index contributed by atoms with van der Waals surface area (Å²) in [4.78, 5) is 2.44. The van der Waals surface area contributed by atoms with E-state index in [1.165, 1.54) is 38.0 Å². The van der Waals surface area contributed by atoms with Gasteiger partial charge in [-0.15, -0.1) is 6.58 Å². The Kier molecular flexibility index (Phi) is 5.48. The molecule has 0 bridgehead atoms. The molecule has 2 heteroatoms. The number of allylic oxidation sites excluding steroid dienone is 1. The van der Waals surface area contributed by atoms with Crippen LogP contribution in [0.25, 0.3) is 0 Å². The van der Waals surface area contributed by atoms with Crippen LogP contribution in [0.1, 0.15) is 32.1 Å². The van der Waals surface area contributed by atoms with Gasteiger partial charge in [-0.2, -0.15) is 0 Å². The van der Waals surface area contributed by atoms with Crippen LogP contribution in [0.5, 0.6) is 0 Å². The first kappa shape index (κ1) is 12.3. The van der Waals surface area contributed by atoms with Crippen molar-refractivity contribution in [2.45, 2.75) is 38.1 Å². The lowest BCUT2D eigenvalue weighted by Crippen LogP contribution is -2.39. The maximum atomic E-state index is 4.23. The second-order valence-electron chi connectivity index (χ2n) is 4.25. The van der Waals surface area contributed by atoms with Crippen molar-refractivity contribution in [3.8, 4) is 0 Å². The topological polar surface area (TPSA) is 15.3 Å². The fourth-order valence-corrected chi connectivity index (χ4v) is 2.16. The number of likely N-dealkylation sites (tertiary alicyclic amines) is 1. The van der Waals surface area contributed by atoms with E-state index in [2.05, 4.69) is 23.4 Å². The molecule has 1 rings (SSSR count). The number of hydrogen-bond acceptors (Lipinski definition) is 2. The molecule has 2 nitrogen and oxygen atoms in total. The fourth-order valence-electron chi connectivity index (χ4n) is 2.16. The van der Waals surface area contributed by atoms with E-state index in [1.54, 1.807) is 0 Å². The van der Waals surface area contributed by atoms with Crippen molar-refractivity contribution in [2.24, 2.45) is 0 Å². The molecule has 15 heavy (non-hydrogen) atoms. The number of nitrogens with one attached hydrogen (secondary N) is 1. The molecule has 1 aliphatic heterocycles. The molecular weight excluding hydrogens is 184 g/mol. The number of nitrogens with zero attached hydrogens (tertiary/aromatic N) is 1. The van der Waals surface area contributed by atoms with Gasteiger partial charge in [0.1, 0.15) is 0 Å². The number of rotatable bonds is 6. The van der Waals surface area contributed by atoms with Crippen LogP contribution in [0, 0.1) is 0 Å². The van der Waals surface area contributed by atoms with E-state index in [4.69, 9.17) is 0 Å². The monoisotopic (exact) mass is 208 g/mol. The lowest BCUT2D eigenvalue weighted by Gasteiger charge is -2.34. The summed E-state index contributed by atoms with van der Waals surface area (Å²) in [5.41, 5.74) is 1.26. The van der Waals surface area contributed by atoms with E-state index in [9.17, 15) is 0 Å². The highest BCUT2D eigenvalue weighted by Crippen LogP contribution is 2.18. The molecule has 0 radical (unpaired) electrons. The highest BCUT2D eigenvalue weighted by Gasteiger charge is 2.17.